The van der Waals surface area contributed by atoms with Gasteiger partial charge in [-0.15, -0.1) is 0 Å². The molecule has 22 heteroatoms. The average molecular weight is 1350 g/mol. The predicted molar refractivity (Wildman–Crippen MR) is 396 cm³/mol. The number of carbonyl (C=O) groups excluding carboxylic acids is 2. The number of aromatic carboxylic acids is 1. The molecule has 500 valence electrons. The van der Waals surface area contributed by atoms with Crippen LogP contribution in [0.5, 0.6) is 0 Å². The lowest BCUT2D eigenvalue weighted by molar-refractivity contribution is 0.0696. The van der Waals surface area contributed by atoms with Crippen molar-refractivity contribution in [2.45, 2.75) is 38.9 Å². The van der Waals surface area contributed by atoms with Crippen LogP contribution >= 0.6 is 0 Å². The second-order valence-electron chi connectivity index (χ2n) is 23.8. The van der Waals surface area contributed by atoms with E-state index in [4.69, 9.17) is 43.8 Å². The minimum absolute atomic E-state index is 0.162. The number of nitrogens with one attached hydrogen (secondary N) is 2. The zero-order chi connectivity index (χ0) is 71.8. The molecule has 0 unspecified atom stereocenters. The van der Waals surface area contributed by atoms with Crippen molar-refractivity contribution in [1.82, 2.24) is 55.5 Å². The Morgan fingerprint density at radius 1 is 0.350 bits per heavy atom. The third-order valence-electron chi connectivity index (χ3n) is 16.7. The summed E-state index contributed by atoms with van der Waals surface area (Å²) in [5, 5.41) is 50.5. The molecule has 22 nitrogen and oxygen atoms in total. The van der Waals surface area contributed by atoms with Crippen LogP contribution < -0.4 is 33.6 Å². The Morgan fingerprint density at radius 2 is 0.660 bits per heavy atom. The Labute approximate surface area is 589 Å². The van der Waals surface area contributed by atoms with Crippen molar-refractivity contribution < 1.29 is 19.5 Å². The fourth-order valence-corrected chi connectivity index (χ4v) is 11.5. The van der Waals surface area contributed by atoms with Gasteiger partial charge in [-0.25, -0.2) is 34.7 Å². The van der Waals surface area contributed by atoms with Crippen LogP contribution in [0.3, 0.4) is 0 Å². The molecule has 0 saturated carbocycles. The number of pyridine rings is 9. The number of nitrogens with zero attached hydrogens (tertiary/aromatic N) is 12. The molecule has 103 heavy (non-hydrogen) atoms. The molecule has 0 bridgehead atoms. The number of carboxylic acid groups (broad SMARTS) is 1. The molecule has 15 aromatic rings. The summed E-state index contributed by atoms with van der Waals surface area (Å²) in [6.07, 6.45) is 11.6. The lowest BCUT2D eigenvalue weighted by Gasteiger charge is -2.09. The zero-order valence-electron chi connectivity index (χ0n) is 55.1. The van der Waals surface area contributed by atoms with Gasteiger partial charge in [-0.3, -0.25) is 24.5 Å². The Kier molecular flexibility index (Phi) is 21.1. The molecule has 9 aromatic heterocycles. The van der Waals surface area contributed by atoms with Crippen molar-refractivity contribution in [1.29, 1.82) is 15.8 Å². The van der Waals surface area contributed by atoms with Gasteiger partial charge in [0.1, 0.15) is 52.7 Å². The second-order valence-corrected chi connectivity index (χ2v) is 23.8. The van der Waals surface area contributed by atoms with Crippen LogP contribution in [0.1, 0.15) is 98.6 Å². The lowest BCUT2D eigenvalue weighted by atomic mass is 10.0. The molecule has 2 amide bonds. The molecule has 0 spiro atoms. The van der Waals surface area contributed by atoms with Gasteiger partial charge in [-0.2, -0.15) is 15.8 Å². The topological polar surface area (TPSA) is 387 Å². The molecular formula is C81H62N18O4. The number of benzene rings is 6. The summed E-state index contributed by atoms with van der Waals surface area (Å²) in [5.41, 5.74) is 36.3. The van der Waals surface area contributed by atoms with Crippen molar-refractivity contribution in [3.8, 4) is 18.2 Å². The van der Waals surface area contributed by atoms with Crippen molar-refractivity contribution in [3.63, 3.8) is 0 Å². The van der Waals surface area contributed by atoms with Crippen molar-refractivity contribution in [2.75, 3.05) is 17.2 Å². The average Bonchev–Trinajstić information content (AvgIpc) is 0.922. The maximum Gasteiger partial charge on any atom is 0.335 e. The summed E-state index contributed by atoms with van der Waals surface area (Å²) in [6, 6.07) is 67.8. The van der Waals surface area contributed by atoms with E-state index in [9.17, 15) is 14.4 Å². The fourth-order valence-electron chi connectivity index (χ4n) is 11.5. The van der Waals surface area contributed by atoms with Crippen LogP contribution in [-0.4, -0.2) is 67.7 Å². The summed E-state index contributed by atoms with van der Waals surface area (Å²) < 4.78 is 0. The summed E-state index contributed by atoms with van der Waals surface area (Å²) in [4.78, 5) is 74.6. The highest BCUT2D eigenvalue weighted by Crippen LogP contribution is 2.25. The van der Waals surface area contributed by atoms with Crippen LogP contribution in [0.4, 0.5) is 17.5 Å². The minimum atomic E-state index is -0.963. The largest absolute Gasteiger partial charge is 0.478 e. The number of fused-ring (bicyclic) bond motifs is 6. The highest BCUT2D eigenvalue weighted by molar-refractivity contribution is 5.96. The number of hydrogen-bond donors (Lipinski definition) is 7. The van der Waals surface area contributed by atoms with Crippen LogP contribution in [0.2, 0.25) is 0 Å². The standard InChI is InChI=1S/2C27H20N6O.C17H11N3O2.C10H11N3/c2*28-15-22-4-3-20-11-17(2-6-25(20)33-22)13-23-14-21(8-9-30-23)27(34)32-16-18-1-5-24-19(12-18)7-10-31-26(24)29;18-10-14-3-2-12-7-11(1-4-16(12)20-14)8-15-9-13(17(21)22)5-6-19-15;11-6-7-1-2-9-8(5-7)3-4-13-10(9)12/h2*1-12,14H,13,16H2,(H2,29,31)(H,32,34);1-7,9H,8H2,(H,21,22);1-5H,6,11H2,(H2,12,13). The van der Waals surface area contributed by atoms with E-state index < -0.39 is 5.97 Å². The van der Waals surface area contributed by atoms with E-state index in [0.717, 1.165) is 110 Å². The normalized spacial score (nSPS) is 10.7. The molecule has 15 rings (SSSR count). The molecule has 11 N–H and O–H groups in total. The Morgan fingerprint density at radius 3 is 1.01 bits per heavy atom. The van der Waals surface area contributed by atoms with Gasteiger partial charge in [-0.05, 0) is 195 Å². The van der Waals surface area contributed by atoms with Crippen molar-refractivity contribution >= 4 is 100 Å². The van der Waals surface area contributed by atoms with Crippen molar-refractivity contribution in [3.05, 3.63) is 322 Å². The summed E-state index contributed by atoms with van der Waals surface area (Å²) in [7, 11) is 0. The Bertz CT molecular complexity index is 5650. The van der Waals surface area contributed by atoms with Crippen LogP contribution in [-0.2, 0) is 38.9 Å². The van der Waals surface area contributed by atoms with E-state index in [2.05, 4.69) is 67.6 Å². The molecule has 0 radical (unpaired) electrons. The number of hydrogen-bond acceptors (Lipinski definition) is 19. The van der Waals surface area contributed by atoms with Gasteiger partial charge in [0.2, 0.25) is 0 Å². The number of nitrogen functional groups attached to an aromatic ring is 3. The van der Waals surface area contributed by atoms with Crippen LogP contribution in [0, 0.1) is 34.0 Å². The minimum Gasteiger partial charge on any atom is -0.478 e. The number of amides is 2. The van der Waals surface area contributed by atoms with Gasteiger partial charge in [0.15, 0.2) is 0 Å². The number of anilines is 3. The Hall–Kier alpha value is -14.5. The monoisotopic (exact) mass is 1350 g/mol. The van der Waals surface area contributed by atoms with E-state index >= 15 is 0 Å². The van der Waals surface area contributed by atoms with E-state index in [0.29, 0.717) is 90.3 Å². The molecule has 0 aliphatic carbocycles. The highest BCUT2D eigenvalue weighted by Gasteiger charge is 2.14. The van der Waals surface area contributed by atoms with Crippen LogP contribution in [0.15, 0.2) is 237 Å². The van der Waals surface area contributed by atoms with E-state index in [1.165, 1.54) is 12.3 Å². The number of nitrogens with two attached hydrogens (primary N) is 4. The molecule has 0 aliphatic heterocycles. The molecule has 0 saturated heterocycles. The molecular weight excluding hydrogens is 1290 g/mol. The maximum atomic E-state index is 12.8. The second kappa shape index (κ2) is 31.8. The SMILES string of the molecule is N#Cc1ccc2cc(Cc3cc(C(=O)NCc4ccc5c(N)nccc5c4)ccn3)ccc2n1.N#Cc1ccc2cc(Cc3cc(C(=O)NCc4ccc5c(N)nccc5c4)ccn3)ccc2n1.N#Cc1ccc2cc(Cc3cc(C(=O)O)ccn3)ccc2n1.NCc1ccc2c(N)nccc2c1. The lowest BCUT2D eigenvalue weighted by Crippen LogP contribution is -2.23. The number of rotatable bonds is 14. The third kappa shape index (κ3) is 17.2. The summed E-state index contributed by atoms with van der Waals surface area (Å²) >= 11 is 0. The predicted octanol–water partition coefficient (Wildman–Crippen LogP) is 12.4. The third-order valence-corrected chi connectivity index (χ3v) is 16.7. The fraction of sp³-hybridized carbons (Fsp3) is 0.0741. The first-order valence-corrected chi connectivity index (χ1v) is 32.3. The first-order chi connectivity index (χ1) is 50.1. The number of carboxylic acids is 1. The highest BCUT2D eigenvalue weighted by atomic mass is 16.4. The number of carbonyl (C=O) groups is 3. The molecule has 9 heterocycles. The molecule has 0 fully saturated rings. The molecule has 6 aromatic carbocycles. The smallest absolute Gasteiger partial charge is 0.335 e. The first kappa shape index (κ1) is 68.4. The van der Waals surface area contributed by atoms with Gasteiger partial charge in [0, 0.05) is 137 Å². The Balaban J connectivity index is 0.000000136. The first-order valence-electron chi connectivity index (χ1n) is 32.3. The number of nitriles is 3. The van der Waals surface area contributed by atoms with Gasteiger partial charge in [0.25, 0.3) is 11.8 Å². The summed E-state index contributed by atoms with van der Waals surface area (Å²) in [5.74, 6) is 0.268. The van der Waals surface area contributed by atoms with E-state index in [-0.39, 0.29) is 17.4 Å². The molecule has 0 aliphatic rings. The van der Waals surface area contributed by atoms with Crippen molar-refractivity contribution in [2.24, 2.45) is 5.73 Å². The van der Waals surface area contributed by atoms with Gasteiger partial charge in [0.05, 0.1) is 22.1 Å². The van der Waals surface area contributed by atoms with E-state index in [1.807, 2.05) is 164 Å². The quantitative estimate of drug-likeness (QED) is 0.0531. The molecule has 0 atom stereocenters. The summed E-state index contributed by atoms with van der Waals surface area (Å²) in [6.45, 7) is 1.35. The number of aromatic nitrogens is 9. The maximum absolute atomic E-state index is 12.8. The zero-order valence-corrected chi connectivity index (χ0v) is 55.1. The van der Waals surface area contributed by atoms with E-state index in [1.54, 1.807) is 67.4 Å². The van der Waals surface area contributed by atoms with Gasteiger partial charge in [-0.1, -0.05) is 54.6 Å². The van der Waals surface area contributed by atoms with Crippen LogP contribution in [0.25, 0.3) is 65.0 Å². The van der Waals surface area contributed by atoms with Gasteiger partial charge < -0.3 is 38.7 Å². The van der Waals surface area contributed by atoms with Gasteiger partial charge >= 0.3 is 5.97 Å².